The number of nitrogens with one attached hydrogen (secondary N) is 1. The van der Waals surface area contributed by atoms with Crippen molar-refractivity contribution in [2.24, 2.45) is 10.9 Å². The Hall–Kier alpha value is -1.82. The first-order chi connectivity index (χ1) is 13.1. The number of nitrogens with zero attached hydrogens (tertiary/aromatic N) is 2. The second kappa shape index (κ2) is 8.91. The maximum absolute atomic E-state index is 6.41. The number of aliphatic imine (C=N–C) groups is 1. The van der Waals surface area contributed by atoms with Crippen LogP contribution in [-0.4, -0.2) is 29.8 Å². The summed E-state index contributed by atoms with van der Waals surface area (Å²) in [5.41, 5.74) is 0.786. The van der Waals surface area contributed by atoms with E-state index >= 15 is 0 Å². The van der Waals surface area contributed by atoms with Crippen molar-refractivity contribution in [1.82, 2.24) is 4.98 Å². The van der Waals surface area contributed by atoms with E-state index in [-0.39, 0.29) is 5.60 Å². The van der Waals surface area contributed by atoms with Crippen molar-refractivity contribution in [1.29, 1.82) is 0 Å². The molecule has 0 radical (unpaired) electrons. The minimum atomic E-state index is -0.173. The van der Waals surface area contributed by atoms with Crippen molar-refractivity contribution in [3.05, 3.63) is 18.2 Å². The van der Waals surface area contributed by atoms with Gasteiger partial charge in [-0.15, -0.1) is 0 Å². The smallest absolute Gasteiger partial charge is 0.291 e. The first-order valence-corrected chi connectivity index (χ1v) is 11.0. The fraction of sp³-hybridized carbons (Fsp3) is 0.619. The van der Waals surface area contributed by atoms with Crippen molar-refractivity contribution in [2.45, 2.75) is 65.4 Å². The molecule has 0 saturated heterocycles. The van der Waals surface area contributed by atoms with Crippen LogP contribution in [0, 0.1) is 5.92 Å². The molecule has 1 N–H and O–H groups in total. The molecule has 148 valence electrons. The fourth-order valence-corrected chi connectivity index (χ4v) is 4.77. The quantitative estimate of drug-likeness (QED) is 0.584. The minimum Gasteiger partial charge on any atom is -0.494 e. The molecule has 0 fully saturated rings. The molecule has 0 spiro atoms. The molecule has 6 heteroatoms. The Morgan fingerprint density at radius 1 is 1.22 bits per heavy atom. The van der Waals surface area contributed by atoms with Crippen molar-refractivity contribution >= 4 is 32.7 Å². The molecule has 2 heterocycles. The second-order valence-electron chi connectivity index (χ2n) is 7.12. The zero-order chi connectivity index (χ0) is 19.3. The number of aromatic nitrogens is 1. The van der Waals surface area contributed by atoms with Crippen LogP contribution in [0.2, 0.25) is 0 Å². The molecule has 0 amide bonds. The summed E-state index contributed by atoms with van der Waals surface area (Å²) in [7, 11) is 0. The van der Waals surface area contributed by atoms with Crippen LogP contribution >= 0.6 is 11.3 Å². The number of hydrogen-bond donors (Lipinski definition) is 1. The first kappa shape index (κ1) is 19.9. The van der Waals surface area contributed by atoms with E-state index < -0.39 is 0 Å². The SMILES string of the molecule is CCCC(CCC)C1(CC)CN=C(Nc2nc3ccc(OCC)cc3s2)O1. The summed E-state index contributed by atoms with van der Waals surface area (Å²) < 4.78 is 13.1. The van der Waals surface area contributed by atoms with Crippen LogP contribution in [0.3, 0.4) is 0 Å². The van der Waals surface area contributed by atoms with Crippen molar-refractivity contribution in [3.8, 4) is 5.75 Å². The van der Waals surface area contributed by atoms with E-state index in [4.69, 9.17) is 9.47 Å². The third-order valence-corrected chi connectivity index (χ3v) is 6.23. The van der Waals surface area contributed by atoms with Crippen molar-refractivity contribution < 1.29 is 9.47 Å². The summed E-state index contributed by atoms with van der Waals surface area (Å²) in [4.78, 5) is 9.34. The highest BCUT2D eigenvalue weighted by Gasteiger charge is 2.43. The van der Waals surface area contributed by atoms with Gasteiger partial charge in [0.2, 0.25) is 0 Å². The van der Waals surface area contributed by atoms with E-state index in [1.54, 1.807) is 11.3 Å². The number of thiazole rings is 1. The zero-order valence-corrected chi connectivity index (χ0v) is 17.7. The van der Waals surface area contributed by atoms with E-state index in [0.717, 1.165) is 34.1 Å². The van der Waals surface area contributed by atoms with Gasteiger partial charge in [0.15, 0.2) is 5.13 Å². The number of amidine groups is 1. The Morgan fingerprint density at radius 3 is 2.67 bits per heavy atom. The predicted molar refractivity (Wildman–Crippen MR) is 114 cm³/mol. The lowest BCUT2D eigenvalue weighted by atomic mass is 9.79. The maximum Gasteiger partial charge on any atom is 0.291 e. The largest absolute Gasteiger partial charge is 0.494 e. The predicted octanol–water partition coefficient (Wildman–Crippen LogP) is 5.86. The molecule has 1 aromatic carbocycles. The zero-order valence-electron chi connectivity index (χ0n) is 16.9. The van der Waals surface area contributed by atoms with Gasteiger partial charge >= 0.3 is 0 Å². The number of hydrogen-bond acceptors (Lipinski definition) is 6. The molecule has 3 rings (SSSR count). The molecule has 27 heavy (non-hydrogen) atoms. The highest BCUT2D eigenvalue weighted by Crippen LogP contribution is 2.37. The Morgan fingerprint density at radius 2 is 2.00 bits per heavy atom. The normalized spacial score (nSPS) is 19.4. The number of ether oxygens (including phenoxy) is 2. The second-order valence-corrected chi connectivity index (χ2v) is 8.15. The van der Waals surface area contributed by atoms with Gasteiger partial charge in [-0.1, -0.05) is 44.9 Å². The standard InChI is InChI=1S/C21H31N3O2S/c1-5-9-15(10-6-2)21(7-3)14-22-19(26-21)24-20-23-17-12-11-16(25-8-4)13-18(17)27-20/h11-13,15H,5-10,14H2,1-4H3,(H,22,23,24). The van der Waals surface area contributed by atoms with E-state index in [0.29, 0.717) is 18.5 Å². The molecular weight excluding hydrogens is 358 g/mol. The molecule has 1 aromatic heterocycles. The summed E-state index contributed by atoms with van der Waals surface area (Å²) >= 11 is 1.60. The van der Waals surface area contributed by atoms with Crippen LogP contribution in [0.5, 0.6) is 5.75 Å². The van der Waals surface area contributed by atoms with E-state index in [9.17, 15) is 0 Å². The number of anilines is 1. The Bertz CT molecular complexity index is 783. The van der Waals surface area contributed by atoms with Crippen LogP contribution in [0.25, 0.3) is 10.2 Å². The van der Waals surface area contributed by atoms with Crippen LogP contribution < -0.4 is 10.1 Å². The molecule has 1 atom stereocenters. The molecule has 2 aromatic rings. The number of benzene rings is 1. The molecule has 0 saturated carbocycles. The van der Waals surface area contributed by atoms with Gasteiger partial charge in [-0.2, -0.15) is 0 Å². The summed E-state index contributed by atoms with van der Waals surface area (Å²) in [5.74, 6) is 1.42. The molecule has 1 aliphatic rings. The van der Waals surface area contributed by atoms with Gasteiger partial charge in [-0.25, -0.2) is 9.98 Å². The third-order valence-electron chi connectivity index (χ3n) is 5.29. The van der Waals surface area contributed by atoms with Crippen molar-refractivity contribution in [2.75, 3.05) is 18.5 Å². The lowest BCUT2D eigenvalue weighted by Gasteiger charge is -2.35. The number of rotatable bonds is 9. The minimum absolute atomic E-state index is 0.173. The Balaban J connectivity index is 1.72. The highest BCUT2D eigenvalue weighted by atomic mass is 32.1. The molecule has 0 aliphatic carbocycles. The van der Waals surface area contributed by atoms with Gasteiger partial charge < -0.3 is 9.47 Å². The molecule has 5 nitrogen and oxygen atoms in total. The molecular formula is C21H31N3O2S. The van der Waals surface area contributed by atoms with Gasteiger partial charge in [-0.3, -0.25) is 5.32 Å². The van der Waals surface area contributed by atoms with Gasteiger partial charge in [0.05, 0.1) is 23.4 Å². The molecule has 1 aliphatic heterocycles. The fourth-order valence-electron chi connectivity index (χ4n) is 3.89. The van der Waals surface area contributed by atoms with Crippen LogP contribution in [0.15, 0.2) is 23.2 Å². The van der Waals surface area contributed by atoms with Gasteiger partial charge in [0, 0.05) is 5.92 Å². The summed E-state index contributed by atoms with van der Waals surface area (Å²) in [6, 6.07) is 6.60. The third kappa shape index (κ3) is 4.37. The van der Waals surface area contributed by atoms with E-state index in [2.05, 4.69) is 36.1 Å². The summed E-state index contributed by atoms with van der Waals surface area (Å²) in [6.45, 7) is 10.1. The first-order valence-electron chi connectivity index (χ1n) is 10.2. The average molecular weight is 390 g/mol. The van der Waals surface area contributed by atoms with Gasteiger partial charge in [-0.05, 0) is 44.4 Å². The van der Waals surface area contributed by atoms with E-state index in [1.807, 2.05) is 25.1 Å². The van der Waals surface area contributed by atoms with Gasteiger partial charge in [0.1, 0.15) is 11.4 Å². The van der Waals surface area contributed by atoms with Crippen LogP contribution in [0.4, 0.5) is 5.13 Å². The Kier molecular flexibility index (Phi) is 6.58. The molecule has 1 unspecified atom stereocenters. The topological polar surface area (TPSA) is 55.7 Å². The van der Waals surface area contributed by atoms with Crippen LogP contribution in [-0.2, 0) is 4.74 Å². The summed E-state index contributed by atoms with van der Waals surface area (Å²) in [6.07, 6.45) is 5.71. The van der Waals surface area contributed by atoms with Gasteiger partial charge in [0.25, 0.3) is 6.02 Å². The number of fused-ring (bicyclic) bond motifs is 1. The van der Waals surface area contributed by atoms with E-state index in [1.165, 1.54) is 25.7 Å². The van der Waals surface area contributed by atoms with Crippen molar-refractivity contribution in [3.63, 3.8) is 0 Å². The van der Waals surface area contributed by atoms with Crippen LogP contribution in [0.1, 0.15) is 59.8 Å². The monoisotopic (exact) mass is 389 g/mol. The lowest BCUT2D eigenvalue weighted by Crippen LogP contribution is -2.42. The lowest BCUT2D eigenvalue weighted by molar-refractivity contribution is 0.0104. The Labute approximate surface area is 166 Å². The average Bonchev–Trinajstić information content (AvgIpc) is 3.26. The highest BCUT2D eigenvalue weighted by molar-refractivity contribution is 7.22. The summed E-state index contributed by atoms with van der Waals surface area (Å²) in [5, 5.41) is 4.12. The molecule has 0 bridgehead atoms. The maximum atomic E-state index is 6.41.